The third-order valence-electron chi connectivity index (χ3n) is 4.98. The highest BCUT2D eigenvalue weighted by Crippen LogP contribution is 2.26. The number of carbonyl (C=O) groups is 1. The zero-order chi connectivity index (χ0) is 18.6. The van der Waals surface area contributed by atoms with Gasteiger partial charge in [-0.1, -0.05) is 37.6 Å². The Bertz CT molecular complexity index is 948. The molecule has 0 saturated carbocycles. The first-order chi connectivity index (χ1) is 13.2. The number of nitrogens with zero attached hydrogens (tertiary/aromatic N) is 1. The standard InChI is InChI=1S/C22H24N2O3/c1-2-3-8-21-24-18-13-16(9-10-19(18)27-21)22(25)23-14-20-17-7-5-4-6-15(17)11-12-26-20/h4-7,9-10,13,20H,2-3,8,11-12,14H2,1H3,(H,23,25). The third-order valence-corrected chi connectivity index (χ3v) is 4.98. The van der Waals surface area contributed by atoms with Crippen LogP contribution in [-0.2, 0) is 17.6 Å². The van der Waals surface area contributed by atoms with Crippen LogP contribution in [0.4, 0.5) is 0 Å². The summed E-state index contributed by atoms with van der Waals surface area (Å²) in [5.74, 6) is 0.610. The number of amides is 1. The Hall–Kier alpha value is -2.66. The minimum Gasteiger partial charge on any atom is -0.441 e. The highest BCUT2D eigenvalue weighted by molar-refractivity contribution is 5.97. The lowest BCUT2D eigenvalue weighted by atomic mass is 9.97. The van der Waals surface area contributed by atoms with E-state index in [0.717, 1.165) is 48.2 Å². The van der Waals surface area contributed by atoms with Crippen molar-refractivity contribution in [1.82, 2.24) is 10.3 Å². The Balaban J connectivity index is 1.44. The third kappa shape index (κ3) is 3.88. The van der Waals surface area contributed by atoms with Crippen LogP contribution in [0.2, 0.25) is 0 Å². The monoisotopic (exact) mass is 364 g/mol. The molecule has 0 saturated heterocycles. The lowest BCUT2D eigenvalue weighted by Crippen LogP contribution is -2.31. The van der Waals surface area contributed by atoms with E-state index in [2.05, 4.69) is 29.4 Å². The highest BCUT2D eigenvalue weighted by Gasteiger charge is 2.21. The Morgan fingerprint density at radius 2 is 2.15 bits per heavy atom. The predicted octanol–water partition coefficient (Wildman–Crippen LogP) is 4.21. The van der Waals surface area contributed by atoms with Gasteiger partial charge in [-0.3, -0.25) is 4.79 Å². The second-order valence-corrected chi connectivity index (χ2v) is 6.91. The van der Waals surface area contributed by atoms with Crippen LogP contribution in [0.15, 0.2) is 46.9 Å². The number of oxazole rings is 1. The molecule has 0 radical (unpaired) electrons. The molecule has 0 fully saturated rings. The lowest BCUT2D eigenvalue weighted by molar-refractivity contribution is 0.0411. The molecular formula is C22H24N2O3. The number of aryl methyl sites for hydroxylation is 1. The van der Waals surface area contributed by atoms with Crippen molar-refractivity contribution in [3.05, 3.63) is 65.0 Å². The van der Waals surface area contributed by atoms with E-state index in [-0.39, 0.29) is 12.0 Å². The van der Waals surface area contributed by atoms with Crippen LogP contribution in [-0.4, -0.2) is 24.0 Å². The van der Waals surface area contributed by atoms with Gasteiger partial charge in [0.2, 0.25) is 0 Å². The van der Waals surface area contributed by atoms with Crippen molar-refractivity contribution in [1.29, 1.82) is 0 Å². The van der Waals surface area contributed by atoms with Crippen molar-refractivity contribution in [2.24, 2.45) is 0 Å². The number of fused-ring (bicyclic) bond motifs is 2. The fraction of sp³-hybridized carbons (Fsp3) is 0.364. The smallest absolute Gasteiger partial charge is 0.251 e. The van der Waals surface area contributed by atoms with Crippen molar-refractivity contribution in [2.75, 3.05) is 13.2 Å². The number of benzene rings is 2. The molecule has 0 bridgehead atoms. The summed E-state index contributed by atoms with van der Waals surface area (Å²) in [7, 11) is 0. The first-order valence-corrected chi connectivity index (χ1v) is 9.61. The zero-order valence-corrected chi connectivity index (χ0v) is 15.5. The molecule has 2 heterocycles. The molecule has 5 heteroatoms. The van der Waals surface area contributed by atoms with E-state index in [4.69, 9.17) is 9.15 Å². The van der Waals surface area contributed by atoms with Gasteiger partial charge in [-0.15, -0.1) is 0 Å². The van der Waals surface area contributed by atoms with E-state index >= 15 is 0 Å². The predicted molar refractivity (Wildman–Crippen MR) is 104 cm³/mol. The Morgan fingerprint density at radius 1 is 1.26 bits per heavy atom. The van der Waals surface area contributed by atoms with Gasteiger partial charge in [-0.05, 0) is 42.2 Å². The average molecular weight is 364 g/mol. The number of hydrogen-bond acceptors (Lipinski definition) is 4. The maximum absolute atomic E-state index is 12.6. The molecule has 140 valence electrons. The average Bonchev–Trinajstić information content (AvgIpc) is 3.12. The van der Waals surface area contributed by atoms with E-state index in [1.54, 1.807) is 12.1 Å². The van der Waals surface area contributed by atoms with Crippen molar-refractivity contribution in [2.45, 2.75) is 38.7 Å². The van der Waals surface area contributed by atoms with Crippen LogP contribution in [0, 0.1) is 0 Å². The van der Waals surface area contributed by atoms with Crippen LogP contribution in [0.5, 0.6) is 0 Å². The van der Waals surface area contributed by atoms with Crippen LogP contribution in [0.1, 0.15) is 53.2 Å². The van der Waals surface area contributed by atoms with Gasteiger partial charge in [0, 0.05) is 18.5 Å². The van der Waals surface area contributed by atoms with E-state index < -0.39 is 0 Å². The zero-order valence-electron chi connectivity index (χ0n) is 15.5. The summed E-state index contributed by atoms with van der Waals surface area (Å²) < 4.78 is 11.6. The van der Waals surface area contributed by atoms with E-state index in [9.17, 15) is 4.79 Å². The number of nitrogens with one attached hydrogen (secondary N) is 1. The van der Waals surface area contributed by atoms with Crippen LogP contribution >= 0.6 is 0 Å². The van der Waals surface area contributed by atoms with Gasteiger partial charge < -0.3 is 14.5 Å². The maximum atomic E-state index is 12.6. The molecule has 1 atom stereocenters. The summed E-state index contributed by atoms with van der Waals surface area (Å²) >= 11 is 0. The molecule has 3 aromatic rings. The Labute approximate surface area is 158 Å². The number of carbonyl (C=O) groups excluding carboxylic acids is 1. The molecule has 1 amide bonds. The Kier molecular flexibility index (Phi) is 5.21. The quantitative estimate of drug-likeness (QED) is 0.711. The number of unbranched alkanes of at least 4 members (excludes halogenated alkanes) is 1. The largest absolute Gasteiger partial charge is 0.441 e. The normalized spacial score (nSPS) is 16.3. The van der Waals surface area contributed by atoms with Gasteiger partial charge in [-0.25, -0.2) is 4.98 Å². The minimum absolute atomic E-state index is 0.102. The van der Waals surface area contributed by atoms with E-state index in [1.807, 2.05) is 18.2 Å². The fourth-order valence-electron chi connectivity index (χ4n) is 3.48. The molecule has 1 unspecified atom stereocenters. The molecule has 1 aliphatic rings. The summed E-state index contributed by atoms with van der Waals surface area (Å²) in [6, 6.07) is 13.6. The summed E-state index contributed by atoms with van der Waals surface area (Å²) in [6.07, 6.45) is 3.78. The van der Waals surface area contributed by atoms with E-state index in [1.165, 1.54) is 5.56 Å². The van der Waals surface area contributed by atoms with Crippen molar-refractivity contribution in [3.8, 4) is 0 Å². The molecule has 27 heavy (non-hydrogen) atoms. The number of aromatic nitrogens is 1. The molecular weight excluding hydrogens is 340 g/mol. The van der Waals surface area contributed by atoms with Gasteiger partial charge >= 0.3 is 0 Å². The second kappa shape index (κ2) is 7.92. The van der Waals surface area contributed by atoms with Gasteiger partial charge in [0.05, 0.1) is 6.61 Å². The molecule has 0 aliphatic carbocycles. The highest BCUT2D eigenvalue weighted by atomic mass is 16.5. The fourth-order valence-corrected chi connectivity index (χ4v) is 3.48. The Morgan fingerprint density at radius 3 is 3.04 bits per heavy atom. The summed E-state index contributed by atoms with van der Waals surface area (Å²) in [5.41, 5.74) is 4.50. The molecule has 1 aromatic heterocycles. The molecule has 0 spiro atoms. The molecule has 1 N–H and O–H groups in total. The first-order valence-electron chi connectivity index (χ1n) is 9.61. The van der Waals surface area contributed by atoms with Crippen LogP contribution in [0.3, 0.4) is 0 Å². The number of ether oxygens (including phenoxy) is 1. The van der Waals surface area contributed by atoms with E-state index in [0.29, 0.717) is 18.7 Å². The molecule has 1 aliphatic heterocycles. The van der Waals surface area contributed by atoms with Crippen molar-refractivity contribution < 1.29 is 13.9 Å². The topological polar surface area (TPSA) is 64.4 Å². The molecule has 4 rings (SSSR count). The number of rotatable bonds is 6. The second-order valence-electron chi connectivity index (χ2n) is 6.91. The summed E-state index contributed by atoms with van der Waals surface area (Å²) in [5, 5.41) is 2.99. The minimum atomic E-state index is -0.123. The van der Waals surface area contributed by atoms with Crippen molar-refractivity contribution >= 4 is 17.0 Å². The van der Waals surface area contributed by atoms with Gasteiger partial charge in [0.1, 0.15) is 11.6 Å². The SMILES string of the molecule is CCCCc1nc2cc(C(=O)NCC3OCCc4ccccc43)ccc2o1. The summed E-state index contributed by atoms with van der Waals surface area (Å²) in [4.78, 5) is 17.1. The molecule has 5 nitrogen and oxygen atoms in total. The maximum Gasteiger partial charge on any atom is 0.251 e. The first kappa shape index (κ1) is 17.7. The van der Waals surface area contributed by atoms with Crippen molar-refractivity contribution in [3.63, 3.8) is 0 Å². The van der Waals surface area contributed by atoms with Gasteiger partial charge in [0.25, 0.3) is 5.91 Å². The van der Waals surface area contributed by atoms with Crippen LogP contribution < -0.4 is 5.32 Å². The van der Waals surface area contributed by atoms with Crippen LogP contribution in [0.25, 0.3) is 11.1 Å². The molecule has 2 aromatic carbocycles. The lowest BCUT2D eigenvalue weighted by Gasteiger charge is -2.26. The van der Waals surface area contributed by atoms with Gasteiger partial charge in [0.15, 0.2) is 11.5 Å². The summed E-state index contributed by atoms with van der Waals surface area (Å²) in [6.45, 7) is 3.27. The van der Waals surface area contributed by atoms with Gasteiger partial charge in [-0.2, -0.15) is 0 Å². The number of hydrogen-bond donors (Lipinski definition) is 1.